The van der Waals surface area contributed by atoms with Crippen LogP contribution in [0.25, 0.3) is 0 Å². The van der Waals surface area contributed by atoms with Gasteiger partial charge in [0.25, 0.3) is 0 Å². The van der Waals surface area contributed by atoms with Crippen LogP contribution < -0.4 is 10.6 Å². The Hall–Kier alpha value is -1.96. The largest absolute Gasteiger partial charge is 0.379 e. The molecule has 0 spiro atoms. The Labute approximate surface area is 123 Å². The molecule has 0 saturated heterocycles. The van der Waals surface area contributed by atoms with Gasteiger partial charge in [0.1, 0.15) is 6.20 Å². The van der Waals surface area contributed by atoms with Crippen LogP contribution in [-0.4, -0.2) is 40.7 Å². The summed E-state index contributed by atoms with van der Waals surface area (Å²) in [5.41, 5.74) is -0.112. The van der Waals surface area contributed by atoms with Crippen LogP contribution in [0.2, 0.25) is 0 Å². The minimum Gasteiger partial charge on any atom is -0.379 e. The molecule has 1 aliphatic carbocycles. The summed E-state index contributed by atoms with van der Waals surface area (Å²) in [5.74, 6) is 0.652. The lowest BCUT2D eigenvalue weighted by Gasteiger charge is -2.20. The Morgan fingerprint density at radius 2 is 2.33 bits per heavy atom. The zero-order chi connectivity index (χ0) is 15.2. The zero-order valence-corrected chi connectivity index (χ0v) is 12.3. The Morgan fingerprint density at radius 3 is 3.00 bits per heavy atom. The first-order chi connectivity index (χ1) is 10.2. The summed E-state index contributed by atoms with van der Waals surface area (Å²) in [4.78, 5) is 18.8. The fraction of sp³-hybridized carbons (Fsp3) is 0.692. The number of nitro groups is 1. The molecule has 2 atom stereocenters. The van der Waals surface area contributed by atoms with E-state index in [0.29, 0.717) is 5.95 Å². The fourth-order valence-corrected chi connectivity index (χ4v) is 2.49. The lowest BCUT2D eigenvalue weighted by molar-refractivity contribution is -0.384. The van der Waals surface area contributed by atoms with Crippen molar-refractivity contribution in [1.29, 1.82) is 0 Å². The highest BCUT2D eigenvalue weighted by atomic mass is 16.6. The highest BCUT2D eigenvalue weighted by molar-refractivity contribution is 5.57. The molecule has 1 aromatic rings. The number of hydrogen-bond donors (Lipinski definition) is 2. The molecule has 0 amide bonds. The Kier molecular flexibility index (Phi) is 5.26. The normalized spacial score (nSPS) is 21.2. The molecule has 1 aliphatic rings. The predicted molar refractivity (Wildman–Crippen MR) is 79.5 cm³/mol. The first kappa shape index (κ1) is 15.4. The van der Waals surface area contributed by atoms with Gasteiger partial charge in [-0.05, 0) is 25.7 Å². The van der Waals surface area contributed by atoms with Crippen molar-refractivity contribution in [3.05, 3.63) is 16.3 Å². The number of ether oxygens (including phenoxy) is 1. The molecule has 2 unspecified atom stereocenters. The van der Waals surface area contributed by atoms with E-state index < -0.39 is 4.92 Å². The van der Waals surface area contributed by atoms with E-state index in [2.05, 4.69) is 20.6 Å². The van der Waals surface area contributed by atoms with E-state index in [4.69, 9.17) is 4.74 Å². The summed E-state index contributed by atoms with van der Waals surface area (Å²) >= 11 is 0. The van der Waals surface area contributed by atoms with Crippen molar-refractivity contribution in [3.8, 4) is 0 Å². The fourth-order valence-electron chi connectivity index (χ4n) is 2.49. The number of methoxy groups -OCH3 is 1. The average molecular weight is 295 g/mol. The van der Waals surface area contributed by atoms with E-state index in [1.807, 2.05) is 6.92 Å². The highest BCUT2D eigenvalue weighted by Gasteiger charge is 2.29. The van der Waals surface area contributed by atoms with Crippen molar-refractivity contribution < 1.29 is 9.66 Å². The predicted octanol–water partition coefficient (Wildman–Crippen LogP) is 2.19. The zero-order valence-electron chi connectivity index (χ0n) is 12.3. The van der Waals surface area contributed by atoms with E-state index in [1.165, 1.54) is 6.20 Å². The minimum absolute atomic E-state index is 0.0441. The topological polar surface area (TPSA) is 102 Å². The number of hydrogen-bond acceptors (Lipinski definition) is 7. The molecule has 116 valence electrons. The molecule has 0 aromatic carbocycles. The SMILES string of the molecule is CCCNc1ncc([N+](=O)[O-])c(NC2CCCC2OC)n1. The van der Waals surface area contributed by atoms with Gasteiger partial charge in [-0.25, -0.2) is 4.98 Å². The molecule has 8 heteroatoms. The molecular weight excluding hydrogens is 274 g/mol. The number of nitrogens with zero attached hydrogens (tertiary/aromatic N) is 3. The van der Waals surface area contributed by atoms with Gasteiger partial charge in [0, 0.05) is 13.7 Å². The van der Waals surface area contributed by atoms with Crippen LogP contribution in [0.1, 0.15) is 32.6 Å². The Bertz CT molecular complexity index is 497. The van der Waals surface area contributed by atoms with Gasteiger partial charge in [0.05, 0.1) is 17.1 Å². The molecular formula is C13H21N5O3. The molecule has 0 radical (unpaired) electrons. The summed E-state index contributed by atoms with van der Waals surface area (Å²) < 4.78 is 5.40. The molecule has 8 nitrogen and oxygen atoms in total. The first-order valence-corrected chi connectivity index (χ1v) is 7.20. The van der Waals surface area contributed by atoms with Gasteiger partial charge in [-0.3, -0.25) is 10.1 Å². The molecule has 2 N–H and O–H groups in total. The van der Waals surface area contributed by atoms with Crippen molar-refractivity contribution in [2.24, 2.45) is 0 Å². The van der Waals surface area contributed by atoms with Crippen LogP contribution in [0.5, 0.6) is 0 Å². The van der Waals surface area contributed by atoms with E-state index >= 15 is 0 Å². The quantitative estimate of drug-likeness (QED) is 0.587. The van der Waals surface area contributed by atoms with Crippen LogP contribution in [0.4, 0.5) is 17.5 Å². The summed E-state index contributed by atoms with van der Waals surface area (Å²) in [7, 11) is 1.66. The lowest BCUT2D eigenvalue weighted by Crippen LogP contribution is -2.30. The van der Waals surface area contributed by atoms with Crippen molar-refractivity contribution >= 4 is 17.5 Å². The molecule has 21 heavy (non-hydrogen) atoms. The second kappa shape index (κ2) is 7.16. The van der Waals surface area contributed by atoms with E-state index in [-0.39, 0.29) is 23.7 Å². The molecule has 1 heterocycles. The van der Waals surface area contributed by atoms with Crippen molar-refractivity contribution in [2.75, 3.05) is 24.3 Å². The summed E-state index contributed by atoms with van der Waals surface area (Å²) in [5, 5.41) is 17.3. The standard InChI is InChI=1S/C13H21N5O3/c1-3-7-14-13-15-8-10(18(19)20)12(17-13)16-9-5-4-6-11(9)21-2/h8-9,11H,3-7H2,1-2H3,(H2,14,15,16,17). The summed E-state index contributed by atoms with van der Waals surface area (Å²) in [6, 6.07) is 0.0441. The maximum absolute atomic E-state index is 11.1. The number of aromatic nitrogens is 2. The minimum atomic E-state index is -0.470. The van der Waals surface area contributed by atoms with Crippen molar-refractivity contribution in [3.63, 3.8) is 0 Å². The maximum atomic E-state index is 11.1. The Morgan fingerprint density at radius 1 is 1.52 bits per heavy atom. The number of rotatable bonds is 7. The van der Waals surface area contributed by atoms with Crippen molar-refractivity contribution in [1.82, 2.24) is 9.97 Å². The van der Waals surface area contributed by atoms with Gasteiger partial charge in [-0.1, -0.05) is 6.92 Å². The molecule has 2 rings (SSSR count). The molecule has 1 saturated carbocycles. The van der Waals surface area contributed by atoms with E-state index in [9.17, 15) is 10.1 Å². The van der Waals surface area contributed by atoms with Gasteiger partial charge >= 0.3 is 5.69 Å². The monoisotopic (exact) mass is 295 g/mol. The van der Waals surface area contributed by atoms with Gasteiger partial charge in [-0.15, -0.1) is 0 Å². The van der Waals surface area contributed by atoms with Gasteiger partial charge in [0.2, 0.25) is 11.8 Å². The smallest absolute Gasteiger partial charge is 0.329 e. The van der Waals surface area contributed by atoms with Crippen LogP contribution in [0.3, 0.4) is 0 Å². The van der Waals surface area contributed by atoms with Crippen molar-refractivity contribution in [2.45, 2.75) is 44.8 Å². The third kappa shape index (κ3) is 3.78. The molecule has 0 aliphatic heterocycles. The van der Waals surface area contributed by atoms with E-state index in [1.54, 1.807) is 7.11 Å². The highest BCUT2D eigenvalue weighted by Crippen LogP contribution is 2.28. The van der Waals surface area contributed by atoms with Gasteiger partial charge in [-0.2, -0.15) is 4.98 Å². The lowest BCUT2D eigenvalue weighted by atomic mass is 10.2. The number of anilines is 2. The van der Waals surface area contributed by atoms with Crippen LogP contribution in [0.15, 0.2) is 6.20 Å². The van der Waals surface area contributed by atoms with Crippen LogP contribution >= 0.6 is 0 Å². The first-order valence-electron chi connectivity index (χ1n) is 7.20. The van der Waals surface area contributed by atoms with E-state index in [0.717, 1.165) is 32.2 Å². The van der Waals surface area contributed by atoms with Crippen LogP contribution in [0, 0.1) is 10.1 Å². The number of nitrogens with one attached hydrogen (secondary N) is 2. The van der Waals surface area contributed by atoms with Crippen LogP contribution in [-0.2, 0) is 4.74 Å². The maximum Gasteiger partial charge on any atom is 0.329 e. The second-order valence-electron chi connectivity index (χ2n) is 5.07. The molecule has 1 fully saturated rings. The molecule has 0 bridgehead atoms. The second-order valence-corrected chi connectivity index (χ2v) is 5.07. The average Bonchev–Trinajstić information content (AvgIpc) is 2.92. The summed E-state index contributed by atoms with van der Waals surface area (Å²) in [6.45, 7) is 2.75. The summed E-state index contributed by atoms with van der Waals surface area (Å²) in [6.07, 6.45) is 5.13. The van der Waals surface area contributed by atoms with Gasteiger partial charge < -0.3 is 15.4 Å². The molecule has 1 aromatic heterocycles. The third-order valence-electron chi connectivity index (χ3n) is 3.58. The Balaban J connectivity index is 2.19. The van der Waals surface area contributed by atoms with Gasteiger partial charge in [0.15, 0.2) is 0 Å². The third-order valence-corrected chi connectivity index (χ3v) is 3.58.